The van der Waals surface area contributed by atoms with Crippen molar-refractivity contribution in [1.82, 2.24) is 5.32 Å². The van der Waals surface area contributed by atoms with E-state index in [4.69, 9.17) is 0 Å². The topological polar surface area (TPSA) is 12.0 Å². The van der Waals surface area contributed by atoms with Gasteiger partial charge in [0.25, 0.3) is 0 Å². The van der Waals surface area contributed by atoms with E-state index in [9.17, 15) is 4.39 Å². The zero-order valence-electron chi connectivity index (χ0n) is 4.97. The van der Waals surface area contributed by atoms with E-state index in [0.717, 1.165) is 0 Å². The van der Waals surface area contributed by atoms with Gasteiger partial charge in [0.1, 0.15) is 6.67 Å². The minimum absolute atomic E-state index is 0.412. The molecule has 0 unspecified atom stereocenters. The summed E-state index contributed by atoms with van der Waals surface area (Å²) in [6, 6.07) is 0. The van der Waals surface area contributed by atoms with Gasteiger partial charge >= 0.3 is 0 Å². The molecule has 0 amide bonds. The van der Waals surface area contributed by atoms with Crippen LogP contribution in [0.15, 0.2) is 36.2 Å². The van der Waals surface area contributed by atoms with Gasteiger partial charge in [0.05, 0.1) is 0 Å². The first kappa shape index (κ1) is 6.08. The molecule has 0 atom stereocenters. The highest BCUT2D eigenvalue weighted by atomic mass is 19.1. The minimum Gasteiger partial charge on any atom is -0.367 e. The molecular formula is C7H8FN. The Morgan fingerprint density at radius 2 is 2.33 bits per heavy atom. The molecule has 1 aliphatic rings. The van der Waals surface area contributed by atoms with Crippen molar-refractivity contribution in [2.45, 2.75) is 0 Å². The molecule has 0 aliphatic carbocycles. The highest BCUT2D eigenvalue weighted by Crippen LogP contribution is 1.98. The average molecular weight is 125 g/mol. The quantitative estimate of drug-likeness (QED) is 0.560. The van der Waals surface area contributed by atoms with E-state index in [0.29, 0.717) is 5.57 Å². The normalized spacial score (nSPS) is 16.3. The lowest BCUT2D eigenvalue weighted by Gasteiger charge is -1.90. The molecule has 0 radical (unpaired) electrons. The summed E-state index contributed by atoms with van der Waals surface area (Å²) in [5.74, 6) is 0. The van der Waals surface area contributed by atoms with Gasteiger partial charge in [-0.1, -0.05) is 12.2 Å². The molecule has 1 aliphatic heterocycles. The average Bonchev–Trinajstić information content (AvgIpc) is 2.13. The summed E-state index contributed by atoms with van der Waals surface area (Å²) in [6.45, 7) is -0.412. The summed E-state index contributed by atoms with van der Waals surface area (Å²) in [4.78, 5) is 0. The van der Waals surface area contributed by atoms with Crippen LogP contribution in [0.3, 0.4) is 0 Å². The highest BCUT2D eigenvalue weighted by Gasteiger charge is 1.88. The molecule has 0 saturated heterocycles. The molecule has 48 valence electrons. The fourth-order valence-corrected chi connectivity index (χ4v) is 0.577. The van der Waals surface area contributed by atoms with E-state index < -0.39 is 6.67 Å². The maximum absolute atomic E-state index is 11.9. The molecule has 0 bridgehead atoms. The molecule has 0 spiro atoms. The standard InChI is InChI=1S/C7H8FN/c8-5-7-3-1-2-4-9-6-7/h1-4,6,9H,5H2. The Hall–Kier alpha value is -1.05. The van der Waals surface area contributed by atoms with Crippen molar-refractivity contribution < 1.29 is 4.39 Å². The van der Waals surface area contributed by atoms with E-state index in [1.54, 1.807) is 24.6 Å². The first-order chi connectivity index (χ1) is 4.43. The van der Waals surface area contributed by atoms with Crippen molar-refractivity contribution in [1.29, 1.82) is 0 Å². The second kappa shape index (κ2) is 3.07. The second-order valence-corrected chi connectivity index (χ2v) is 1.74. The van der Waals surface area contributed by atoms with Gasteiger partial charge in [-0.05, 0) is 11.6 Å². The lowest BCUT2D eigenvalue weighted by atomic mass is 10.3. The van der Waals surface area contributed by atoms with Crippen LogP contribution in [0.25, 0.3) is 0 Å². The van der Waals surface area contributed by atoms with Gasteiger partial charge in [0.2, 0.25) is 0 Å². The largest absolute Gasteiger partial charge is 0.367 e. The summed E-state index contributed by atoms with van der Waals surface area (Å²) in [7, 11) is 0. The van der Waals surface area contributed by atoms with E-state index in [-0.39, 0.29) is 0 Å². The van der Waals surface area contributed by atoms with Gasteiger partial charge in [-0.2, -0.15) is 0 Å². The van der Waals surface area contributed by atoms with Crippen LogP contribution in [-0.4, -0.2) is 6.67 Å². The number of alkyl halides is 1. The number of rotatable bonds is 1. The van der Waals surface area contributed by atoms with Crippen molar-refractivity contribution in [2.24, 2.45) is 0 Å². The Kier molecular flexibility index (Phi) is 2.07. The Morgan fingerprint density at radius 1 is 1.44 bits per heavy atom. The molecule has 0 aromatic rings. The van der Waals surface area contributed by atoms with Crippen molar-refractivity contribution in [2.75, 3.05) is 6.67 Å². The van der Waals surface area contributed by atoms with Crippen LogP contribution >= 0.6 is 0 Å². The molecule has 0 aromatic carbocycles. The summed E-state index contributed by atoms with van der Waals surface area (Å²) in [6.07, 6.45) is 8.74. The summed E-state index contributed by atoms with van der Waals surface area (Å²) in [5.41, 5.74) is 0.667. The van der Waals surface area contributed by atoms with Crippen LogP contribution in [0.4, 0.5) is 4.39 Å². The Balaban J connectivity index is 2.63. The monoisotopic (exact) mass is 125 g/mol. The van der Waals surface area contributed by atoms with Crippen molar-refractivity contribution in [3.63, 3.8) is 0 Å². The minimum atomic E-state index is -0.412. The third-order valence-corrected chi connectivity index (χ3v) is 1.04. The molecular weight excluding hydrogens is 117 g/mol. The summed E-state index contributed by atoms with van der Waals surface area (Å²) in [5, 5.41) is 2.80. The van der Waals surface area contributed by atoms with Crippen molar-refractivity contribution in [3.8, 4) is 0 Å². The lowest BCUT2D eigenvalue weighted by Crippen LogP contribution is -1.93. The van der Waals surface area contributed by atoms with Gasteiger partial charge in [-0.15, -0.1) is 0 Å². The molecule has 0 aromatic heterocycles. The van der Waals surface area contributed by atoms with Gasteiger partial charge in [0, 0.05) is 12.4 Å². The van der Waals surface area contributed by atoms with Crippen LogP contribution in [0.1, 0.15) is 0 Å². The van der Waals surface area contributed by atoms with E-state index in [1.807, 2.05) is 6.08 Å². The first-order valence-electron chi connectivity index (χ1n) is 2.78. The van der Waals surface area contributed by atoms with E-state index in [2.05, 4.69) is 5.32 Å². The number of hydrogen-bond acceptors (Lipinski definition) is 1. The van der Waals surface area contributed by atoms with Gasteiger partial charge in [0.15, 0.2) is 0 Å². The maximum Gasteiger partial charge on any atom is 0.116 e. The first-order valence-corrected chi connectivity index (χ1v) is 2.78. The zero-order valence-corrected chi connectivity index (χ0v) is 4.97. The highest BCUT2D eigenvalue weighted by molar-refractivity contribution is 5.25. The molecule has 0 saturated carbocycles. The molecule has 1 heterocycles. The Morgan fingerprint density at radius 3 is 3.11 bits per heavy atom. The van der Waals surface area contributed by atoms with Crippen molar-refractivity contribution in [3.05, 3.63) is 36.2 Å². The van der Waals surface area contributed by atoms with Crippen LogP contribution in [0.2, 0.25) is 0 Å². The van der Waals surface area contributed by atoms with Crippen LogP contribution in [0, 0.1) is 0 Å². The molecule has 1 rings (SSSR count). The second-order valence-electron chi connectivity index (χ2n) is 1.74. The van der Waals surface area contributed by atoms with Crippen molar-refractivity contribution >= 4 is 0 Å². The van der Waals surface area contributed by atoms with Crippen LogP contribution in [-0.2, 0) is 0 Å². The molecule has 2 heteroatoms. The van der Waals surface area contributed by atoms with Gasteiger partial charge < -0.3 is 5.32 Å². The lowest BCUT2D eigenvalue weighted by molar-refractivity contribution is 0.548. The van der Waals surface area contributed by atoms with Gasteiger partial charge in [-0.3, -0.25) is 0 Å². The number of hydrogen-bond donors (Lipinski definition) is 1. The predicted molar refractivity (Wildman–Crippen MR) is 35.5 cm³/mol. The van der Waals surface area contributed by atoms with Gasteiger partial charge in [-0.25, -0.2) is 4.39 Å². The van der Waals surface area contributed by atoms with E-state index >= 15 is 0 Å². The summed E-state index contributed by atoms with van der Waals surface area (Å²) < 4.78 is 11.9. The van der Waals surface area contributed by atoms with Crippen LogP contribution in [0.5, 0.6) is 0 Å². The molecule has 1 nitrogen and oxygen atoms in total. The number of halogens is 1. The number of allylic oxidation sites excluding steroid dienone is 4. The Labute approximate surface area is 53.6 Å². The predicted octanol–water partition coefficient (Wildman–Crippen LogP) is 1.51. The fourth-order valence-electron chi connectivity index (χ4n) is 0.577. The SMILES string of the molecule is FCC1=CNC=CC=C1. The maximum atomic E-state index is 11.9. The third-order valence-electron chi connectivity index (χ3n) is 1.04. The third kappa shape index (κ3) is 1.72. The summed E-state index contributed by atoms with van der Waals surface area (Å²) >= 11 is 0. The van der Waals surface area contributed by atoms with E-state index in [1.165, 1.54) is 0 Å². The number of nitrogens with one attached hydrogen (secondary N) is 1. The molecule has 0 fully saturated rings. The zero-order chi connectivity index (χ0) is 6.53. The van der Waals surface area contributed by atoms with Crippen LogP contribution < -0.4 is 5.32 Å². The fraction of sp³-hybridized carbons (Fsp3) is 0.143. The molecule has 1 N–H and O–H groups in total. The molecule has 9 heavy (non-hydrogen) atoms. The smallest absolute Gasteiger partial charge is 0.116 e. The Bertz CT molecular complexity index is 168.